The summed E-state index contributed by atoms with van der Waals surface area (Å²) < 4.78 is 5.13. The van der Waals surface area contributed by atoms with Crippen LogP contribution >= 0.6 is 11.6 Å². The van der Waals surface area contributed by atoms with Gasteiger partial charge < -0.3 is 30.9 Å². The first kappa shape index (κ1) is 34.5. The van der Waals surface area contributed by atoms with Gasteiger partial charge in [-0.2, -0.15) is 0 Å². The highest BCUT2D eigenvalue weighted by Gasteiger charge is 2.38. The maximum Gasteiger partial charge on any atom is 0.408 e. The molecule has 4 N–H and O–H groups in total. The number of amides is 5. The highest BCUT2D eigenvalue weighted by Crippen LogP contribution is 2.19. The molecule has 0 saturated carbocycles. The minimum absolute atomic E-state index is 0.265. The number of alkyl halides is 1. The average Bonchev–Trinajstić information content (AvgIpc) is 3.41. The molecular weight excluding hydrogens is 566 g/mol. The van der Waals surface area contributed by atoms with E-state index in [4.69, 9.17) is 16.3 Å². The molecule has 232 valence electrons. The molecule has 1 aliphatic heterocycles. The quantitative estimate of drug-likeness (QED) is 0.261. The van der Waals surface area contributed by atoms with Crippen LogP contribution in [0.3, 0.4) is 0 Å². The smallest absolute Gasteiger partial charge is 0.408 e. The topological polar surface area (TPSA) is 163 Å². The van der Waals surface area contributed by atoms with E-state index in [1.54, 1.807) is 20.8 Å². The number of hydrogen-bond donors (Lipinski definition) is 4. The molecular formula is C29H42ClN5O7. The van der Waals surface area contributed by atoms with Crippen LogP contribution < -0.4 is 21.3 Å². The number of carbonyl (C=O) groups excluding carboxylic acids is 6. The number of alkyl carbamates (subject to hydrolysis) is 1. The standard InChI is InChI=1S/C29H42ClN5O7/c1-17(31-25(38)18(2)33-28(41)42-29(4,5)6)24(37)32-19(3)27(40)35-14-10-13-22(35)26(39)34-21(23(36)16-30)15-20-11-8-7-9-12-20/h7-9,11-12,17-19,21-22H,10,13-16H2,1-6H3,(H,31,38)(H,32,37)(H,33,41)(H,34,39)/t17-,18+,19+,21+,22+/m1/s1. The molecule has 5 amide bonds. The first-order chi connectivity index (χ1) is 19.6. The van der Waals surface area contributed by atoms with Crippen LogP contribution in [0, 0.1) is 0 Å². The van der Waals surface area contributed by atoms with E-state index in [2.05, 4.69) is 21.3 Å². The number of hydrogen-bond acceptors (Lipinski definition) is 7. The molecule has 42 heavy (non-hydrogen) atoms. The lowest BCUT2D eigenvalue weighted by Gasteiger charge is -2.29. The third-order valence-corrected chi connectivity index (χ3v) is 6.83. The molecule has 2 rings (SSSR count). The normalized spacial score (nSPS) is 17.7. The van der Waals surface area contributed by atoms with Crippen molar-refractivity contribution in [3.63, 3.8) is 0 Å². The fraction of sp³-hybridized carbons (Fsp3) is 0.586. The summed E-state index contributed by atoms with van der Waals surface area (Å²) in [5.74, 6) is -2.77. The van der Waals surface area contributed by atoms with Crippen LogP contribution in [0.2, 0.25) is 0 Å². The van der Waals surface area contributed by atoms with Crippen LogP contribution in [0.25, 0.3) is 0 Å². The third-order valence-electron chi connectivity index (χ3n) is 6.57. The summed E-state index contributed by atoms with van der Waals surface area (Å²) in [5, 5.41) is 10.2. The van der Waals surface area contributed by atoms with Gasteiger partial charge in [-0.1, -0.05) is 30.3 Å². The van der Waals surface area contributed by atoms with Crippen LogP contribution in [-0.2, 0) is 35.1 Å². The van der Waals surface area contributed by atoms with E-state index < -0.39 is 65.5 Å². The predicted molar refractivity (Wildman–Crippen MR) is 157 cm³/mol. The van der Waals surface area contributed by atoms with Gasteiger partial charge in [0.15, 0.2) is 5.78 Å². The third kappa shape index (κ3) is 10.6. The van der Waals surface area contributed by atoms with Gasteiger partial charge in [-0.3, -0.25) is 24.0 Å². The number of ketones is 1. The number of carbonyl (C=O) groups is 6. The minimum Gasteiger partial charge on any atom is -0.444 e. The Morgan fingerprint density at radius 1 is 0.905 bits per heavy atom. The van der Waals surface area contributed by atoms with Crippen molar-refractivity contribution < 1.29 is 33.5 Å². The Balaban J connectivity index is 1.94. The van der Waals surface area contributed by atoms with Gasteiger partial charge in [0.05, 0.1) is 11.9 Å². The van der Waals surface area contributed by atoms with Crippen LogP contribution in [0.5, 0.6) is 0 Å². The molecule has 5 atom stereocenters. The van der Waals surface area contributed by atoms with Gasteiger partial charge in [-0.15, -0.1) is 11.6 Å². The molecule has 1 aromatic carbocycles. The Kier molecular flexibility index (Phi) is 12.8. The van der Waals surface area contributed by atoms with Crippen molar-refractivity contribution in [2.45, 2.75) is 96.6 Å². The minimum atomic E-state index is -1.02. The molecule has 1 heterocycles. The Bertz CT molecular complexity index is 1140. The van der Waals surface area contributed by atoms with E-state index in [-0.39, 0.29) is 18.1 Å². The van der Waals surface area contributed by atoms with Crippen molar-refractivity contribution in [1.29, 1.82) is 0 Å². The Morgan fingerprint density at radius 3 is 2.05 bits per heavy atom. The molecule has 0 spiro atoms. The van der Waals surface area contributed by atoms with Crippen LogP contribution in [0.15, 0.2) is 30.3 Å². The number of ether oxygens (including phenoxy) is 1. The maximum atomic E-state index is 13.2. The highest BCUT2D eigenvalue weighted by molar-refractivity contribution is 6.28. The van der Waals surface area contributed by atoms with Gasteiger partial charge in [0, 0.05) is 6.54 Å². The van der Waals surface area contributed by atoms with Crippen LogP contribution in [0.1, 0.15) is 59.9 Å². The number of nitrogens with one attached hydrogen (secondary N) is 4. The van der Waals surface area contributed by atoms with Gasteiger partial charge in [0.2, 0.25) is 23.6 Å². The van der Waals surface area contributed by atoms with Gasteiger partial charge in [-0.25, -0.2) is 4.79 Å². The SMILES string of the molecule is C[C@H](NC(=O)OC(C)(C)C)C(=O)N[C@H](C)C(=O)N[C@@H](C)C(=O)N1CCC[C@H]1C(=O)N[C@@H](Cc1ccccc1)C(=O)CCl. The first-order valence-corrected chi connectivity index (χ1v) is 14.5. The van der Waals surface area contributed by atoms with Crippen molar-refractivity contribution in [2.75, 3.05) is 12.4 Å². The molecule has 1 aromatic rings. The number of rotatable bonds is 12. The van der Waals surface area contributed by atoms with Crippen molar-refractivity contribution in [3.8, 4) is 0 Å². The molecule has 1 saturated heterocycles. The monoisotopic (exact) mass is 607 g/mol. The van der Waals surface area contributed by atoms with Crippen molar-refractivity contribution >= 4 is 47.1 Å². The van der Waals surface area contributed by atoms with Crippen molar-refractivity contribution in [2.24, 2.45) is 0 Å². The largest absolute Gasteiger partial charge is 0.444 e. The molecule has 0 unspecified atom stereocenters. The lowest BCUT2D eigenvalue weighted by molar-refractivity contribution is -0.141. The van der Waals surface area contributed by atoms with E-state index >= 15 is 0 Å². The Hall–Kier alpha value is -3.67. The molecule has 1 fully saturated rings. The molecule has 13 heteroatoms. The summed E-state index contributed by atoms with van der Waals surface area (Å²) in [6.07, 6.45) is 0.469. The van der Waals surface area contributed by atoms with E-state index in [0.717, 1.165) is 5.56 Å². The second-order valence-corrected chi connectivity index (χ2v) is 11.6. The summed E-state index contributed by atoms with van der Waals surface area (Å²) in [6.45, 7) is 9.75. The summed E-state index contributed by atoms with van der Waals surface area (Å²) in [5.41, 5.74) is 0.115. The number of likely N-dealkylation sites (tertiary alicyclic amines) is 1. The van der Waals surface area contributed by atoms with Gasteiger partial charge >= 0.3 is 6.09 Å². The second-order valence-electron chi connectivity index (χ2n) is 11.4. The van der Waals surface area contributed by atoms with Crippen molar-refractivity contribution in [3.05, 3.63) is 35.9 Å². The fourth-order valence-electron chi connectivity index (χ4n) is 4.36. The predicted octanol–water partition coefficient (Wildman–Crippen LogP) is 1.44. The van der Waals surface area contributed by atoms with E-state index in [9.17, 15) is 28.8 Å². The zero-order valence-electron chi connectivity index (χ0n) is 25.0. The van der Waals surface area contributed by atoms with E-state index in [0.29, 0.717) is 19.4 Å². The van der Waals surface area contributed by atoms with E-state index in [1.165, 1.54) is 25.7 Å². The van der Waals surface area contributed by atoms with Crippen molar-refractivity contribution in [1.82, 2.24) is 26.2 Å². The first-order valence-electron chi connectivity index (χ1n) is 14.0. The van der Waals surface area contributed by atoms with Gasteiger partial charge in [0.1, 0.15) is 29.8 Å². The molecule has 0 aliphatic carbocycles. The number of benzene rings is 1. The fourth-order valence-corrected chi connectivity index (χ4v) is 4.55. The lowest BCUT2D eigenvalue weighted by atomic mass is 10.0. The highest BCUT2D eigenvalue weighted by atomic mass is 35.5. The maximum absolute atomic E-state index is 13.2. The molecule has 0 aromatic heterocycles. The summed E-state index contributed by atoms with van der Waals surface area (Å²) in [6, 6.07) is 4.56. The average molecular weight is 608 g/mol. The second kappa shape index (κ2) is 15.5. The molecule has 1 aliphatic rings. The molecule has 0 radical (unpaired) electrons. The molecule has 12 nitrogen and oxygen atoms in total. The Labute approximate surface area is 251 Å². The number of Topliss-reactive ketones (excluding diaryl/α,β-unsaturated/α-hetero) is 1. The zero-order chi connectivity index (χ0) is 31.6. The van der Waals surface area contributed by atoms with Gasteiger partial charge in [0.25, 0.3) is 0 Å². The number of nitrogens with zero attached hydrogens (tertiary/aromatic N) is 1. The zero-order valence-corrected chi connectivity index (χ0v) is 25.7. The summed E-state index contributed by atoms with van der Waals surface area (Å²) in [7, 11) is 0. The Morgan fingerprint density at radius 2 is 1.48 bits per heavy atom. The summed E-state index contributed by atoms with van der Waals surface area (Å²) in [4.78, 5) is 77.4. The molecule has 0 bridgehead atoms. The van der Waals surface area contributed by atoms with Gasteiger partial charge in [-0.05, 0) is 66.4 Å². The number of halogens is 1. The van der Waals surface area contributed by atoms with Crippen LogP contribution in [-0.4, -0.2) is 88.6 Å². The lowest BCUT2D eigenvalue weighted by Crippen LogP contribution is -2.57. The van der Waals surface area contributed by atoms with Crippen LogP contribution in [0.4, 0.5) is 4.79 Å². The van der Waals surface area contributed by atoms with E-state index in [1.807, 2.05) is 30.3 Å². The summed E-state index contributed by atoms with van der Waals surface area (Å²) >= 11 is 5.79.